The molecule has 0 bridgehead atoms. The molecule has 0 aliphatic rings. The predicted molar refractivity (Wildman–Crippen MR) is 60.6 cm³/mol. The molecule has 0 amide bonds. The summed E-state index contributed by atoms with van der Waals surface area (Å²) in [6, 6.07) is 5.15. The van der Waals surface area contributed by atoms with Crippen LogP contribution in [-0.2, 0) is 19.3 Å². The van der Waals surface area contributed by atoms with Crippen LogP contribution in [0.1, 0.15) is 16.8 Å². The first-order valence-corrected chi connectivity index (χ1v) is 5.48. The maximum Gasteiger partial charge on any atom is 0.435 e. The van der Waals surface area contributed by atoms with E-state index < -0.39 is 17.7 Å². The van der Waals surface area contributed by atoms with Crippen LogP contribution in [0.25, 0.3) is 0 Å². The van der Waals surface area contributed by atoms with Gasteiger partial charge in [-0.3, -0.25) is 4.68 Å². The van der Waals surface area contributed by atoms with Crippen LogP contribution < -0.4 is 5.73 Å². The maximum absolute atomic E-state index is 13.2. The lowest BCUT2D eigenvalue weighted by Crippen LogP contribution is -2.09. The number of alkyl halides is 3. The maximum atomic E-state index is 13.2. The lowest BCUT2D eigenvalue weighted by atomic mass is 10.1. The summed E-state index contributed by atoms with van der Waals surface area (Å²) >= 11 is 0. The smallest absolute Gasteiger partial charge is 0.326 e. The lowest BCUT2D eigenvalue weighted by Gasteiger charge is -2.06. The minimum Gasteiger partial charge on any atom is -0.326 e. The van der Waals surface area contributed by atoms with Crippen LogP contribution in [0.3, 0.4) is 0 Å². The van der Waals surface area contributed by atoms with Gasteiger partial charge in [-0.05, 0) is 23.8 Å². The van der Waals surface area contributed by atoms with Crippen molar-refractivity contribution in [2.24, 2.45) is 5.73 Å². The van der Waals surface area contributed by atoms with Crippen molar-refractivity contribution in [2.75, 3.05) is 0 Å². The zero-order valence-corrected chi connectivity index (χ0v) is 9.78. The minimum atomic E-state index is -4.46. The first kappa shape index (κ1) is 13.5. The van der Waals surface area contributed by atoms with Gasteiger partial charge in [0, 0.05) is 18.3 Å². The molecule has 1 heterocycles. The molecule has 3 nitrogen and oxygen atoms in total. The number of halogens is 4. The molecule has 19 heavy (non-hydrogen) atoms. The molecule has 0 aliphatic heterocycles. The molecule has 7 heteroatoms. The van der Waals surface area contributed by atoms with E-state index in [1.165, 1.54) is 24.4 Å². The largest absolute Gasteiger partial charge is 0.435 e. The Balaban J connectivity index is 2.19. The summed E-state index contributed by atoms with van der Waals surface area (Å²) in [4.78, 5) is 0. The van der Waals surface area contributed by atoms with Crippen molar-refractivity contribution in [1.82, 2.24) is 9.78 Å². The minimum absolute atomic E-state index is 0.0343. The third-order valence-corrected chi connectivity index (χ3v) is 2.61. The Morgan fingerprint density at radius 1 is 1.21 bits per heavy atom. The van der Waals surface area contributed by atoms with E-state index in [0.717, 1.165) is 10.7 Å². The van der Waals surface area contributed by atoms with Gasteiger partial charge in [-0.25, -0.2) is 4.39 Å². The Hall–Kier alpha value is -1.89. The molecule has 1 aromatic carbocycles. The van der Waals surface area contributed by atoms with E-state index in [1.807, 2.05) is 0 Å². The average molecular weight is 273 g/mol. The molecule has 2 rings (SSSR count). The highest BCUT2D eigenvalue weighted by atomic mass is 19.4. The number of hydrogen-bond acceptors (Lipinski definition) is 2. The van der Waals surface area contributed by atoms with Gasteiger partial charge in [-0.2, -0.15) is 18.3 Å². The first-order valence-electron chi connectivity index (χ1n) is 5.48. The number of benzene rings is 1. The molecule has 0 aliphatic carbocycles. The second kappa shape index (κ2) is 5.00. The average Bonchev–Trinajstić information content (AvgIpc) is 2.80. The van der Waals surface area contributed by atoms with E-state index in [0.29, 0.717) is 11.1 Å². The fourth-order valence-corrected chi connectivity index (χ4v) is 1.67. The third-order valence-electron chi connectivity index (χ3n) is 2.61. The first-order chi connectivity index (χ1) is 8.90. The van der Waals surface area contributed by atoms with Gasteiger partial charge in [-0.15, -0.1) is 0 Å². The molecule has 2 N–H and O–H groups in total. The van der Waals surface area contributed by atoms with Crippen LogP contribution in [0.5, 0.6) is 0 Å². The monoisotopic (exact) mass is 273 g/mol. The number of aromatic nitrogens is 2. The molecule has 1 aromatic heterocycles. The van der Waals surface area contributed by atoms with Crippen molar-refractivity contribution in [2.45, 2.75) is 19.3 Å². The summed E-state index contributed by atoms with van der Waals surface area (Å²) in [5, 5.41) is 3.42. The van der Waals surface area contributed by atoms with Crippen LogP contribution >= 0.6 is 0 Å². The van der Waals surface area contributed by atoms with Crippen LogP contribution in [-0.4, -0.2) is 9.78 Å². The van der Waals surface area contributed by atoms with Crippen LogP contribution in [0.2, 0.25) is 0 Å². The highest BCUT2D eigenvalue weighted by Crippen LogP contribution is 2.27. The zero-order valence-electron chi connectivity index (χ0n) is 9.78. The van der Waals surface area contributed by atoms with Gasteiger partial charge in [0.25, 0.3) is 0 Å². The van der Waals surface area contributed by atoms with Crippen molar-refractivity contribution in [3.63, 3.8) is 0 Å². The molecule has 2 aromatic rings. The Bertz CT molecular complexity index is 575. The molecular weight excluding hydrogens is 262 g/mol. The van der Waals surface area contributed by atoms with Crippen molar-refractivity contribution in [3.05, 3.63) is 53.1 Å². The Morgan fingerprint density at radius 3 is 2.53 bits per heavy atom. The van der Waals surface area contributed by atoms with Gasteiger partial charge in [0.2, 0.25) is 0 Å². The second-order valence-electron chi connectivity index (χ2n) is 4.03. The Labute approximate surface area is 106 Å². The summed E-state index contributed by atoms with van der Waals surface area (Å²) in [6.45, 7) is 0.163. The van der Waals surface area contributed by atoms with Gasteiger partial charge >= 0.3 is 6.18 Å². The summed E-state index contributed by atoms with van der Waals surface area (Å²) in [5.74, 6) is -0.428. The quantitative estimate of drug-likeness (QED) is 0.873. The van der Waals surface area contributed by atoms with Crippen LogP contribution in [0.15, 0.2) is 30.5 Å². The summed E-state index contributed by atoms with van der Waals surface area (Å²) in [5.41, 5.74) is 5.37. The van der Waals surface area contributed by atoms with E-state index in [1.54, 1.807) is 0 Å². The normalized spacial score (nSPS) is 11.8. The summed E-state index contributed by atoms with van der Waals surface area (Å²) in [6.07, 6.45) is -3.23. The van der Waals surface area contributed by atoms with Gasteiger partial charge in [0.1, 0.15) is 5.82 Å². The fourth-order valence-electron chi connectivity index (χ4n) is 1.67. The molecule has 0 radical (unpaired) electrons. The highest BCUT2D eigenvalue weighted by Gasteiger charge is 2.33. The molecule has 0 unspecified atom stereocenters. The van der Waals surface area contributed by atoms with Gasteiger partial charge in [0.05, 0.1) is 6.54 Å². The van der Waals surface area contributed by atoms with E-state index in [2.05, 4.69) is 5.10 Å². The number of rotatable bonds is 3. The van der Waals surface area contributed by atoms with Crippen molar-refractivity contribution >= 4 is 0 Å². The standard InChI is InChI=1S/C12H11F4N3/c13-10-2-1-8(5-9(10)6-17)7-19-4-3-11(18-19)12(14,15)16/h1-5H,6-7,17H2. The molecule has 0 saturated heterocycles. The Kier molecular flexibility index (Phi) is 3.57. The van der Waals surface area contributed by atoms with Gasteiger partial charge < -0.3 is 5.73 Å². The molecule has 0 atom stereocenters. The topological polar surface area (TPSA) is 43.8 Å². The molecular formula is C12H11F4N3. The predicted octanol–water partition coefficient (Wildman–Crippen LogP) is 2.55. The number of nitrogens with two attached hydrogens (primary N) is 1. The second-order valence-corrected chi connectivity index (χ2v) is 4.03. The van der Waals surface area contributed by atoms with Crippen molar-refractivity contribution in [1.29, 1.82) is 0 Å². The molecule has 0 saturated carbocycles. The fraction of sp³-hybridized carbons (Fsp3) is 0.250. The molecule has 0 spiro atoms. The van der Waals surface area contributed by atoms with Crippen molar-refractivity contribution in [3.8, 4) is 0 Å². The van der Waals surface area contributed by atoms with E-state index in [9.17, 15) is 17.6 Å². The van der Waals surface area contributed by atoms with Gasteiger partial charge in [-0.1, -0.05) is 6.07 Å². The SMILES string of the molecule is NCc1cc(Cn2ccc(C(F)(F)F)n2)ccc1F. The van der Waals surface area contributed by atoms with Crippen molar-refractivity contribution < 1.29 is 17.6 Å². The highest BCUT2D eigenvalue weighted by molar-refractivity contribution is 5.25. The third kappa shape index (κ3) is 3.11. The molecule has 102 valence electrons. The van der Waals surface area contributed by atoms with Crippen LogP contribution in [0, 0.1) is 5.82 Å². The number of hydrogen-bond donors (Lipinski definition) is 1. The summed E-state index contributed by atoms with van der Waals surface area (Å²) < 4.78 is 51.5. The molecule has 0 fully saturated rings. The summed E-state index contributed by atoms with van der Waals surface area (Å²) in [7, 11) is 0. The van der Waals surface area contributed by atoms with E-state index in [-0.39, 0.29) is 13.1 Å². The zero-order chi connectivity index (χ0) is 14.0. The van der Waals surface area contributed by atoms with E-state index >= 15 is 0 Å². The van der Waals surface area contributed by atoms with Gasteiger partial charge in [0.15, 0.2) is 5.69 Å². The van der Waals surface area contributed by atoms with E-state index in [4.69, 9.17) is 5.73 Å². The number of nitrogens with zero attached hydrogens (tertiary/aromatic N) is 2. The van der Waals surface area contributed by atoms with Crippen LogP contribution in [0.4, 0.5) is 17.6 Å². The lowest BCUT2D eigenvalue weighted by molar-refractivity contribution is -0.141. The Morgan fingerprint density at radius 2 is 1.95 bits per heavy atom.